The molecule has 22 heavy (non-hydrogen) atoms. The van der Waals surface area contributed by atoms with Crippen LogP contribution in [0.1, 0.15) is 50.5 Å². The lowest BCUT2D eigenvalue weighted by atomic mass is 9.94. The van der Waals surface area contributed by atoms with Crippen molar-refractivity contribution in [1.82, 2.24) is 15.2 Å². The van der Waals surface area contributed by atoms with Gasteiger partial charge in [-0.3, -0.25) is 14.7 Å². The molecule has 1 N–H and O–H groups in total. The van der Waals surface area contributed by atoms with Gasteiger partial charge in [-0.1, -0.05) is 25.3 Å². The van der Waals surface area contributed by atoms with E-state index in [1.807, 2.05) is 18.3 Å². The van der Waals surface area contributed by atoms with Gasteiger partial charge >= 0.3 is 0 Å². The average Bonchev–Trinajstić information content (AvgIpc) is 3.38. The van der Waals surface area contributed by atoms with Crippen LogP contribution in [0.4, 0.5) is 0 Å². The van der Waals surface area contributed by atoms with Crippen LogP contribution in [0.2, 0.25) is 0 Å². The first kappa shape index (κ1) is 15.5. The number of carbonyl (C=O) groups excluding carboxylic acids is 1. The summed E-state index contributed by atoms with van der Waals surface area (Å²) >= 11 is 0. The summed E-state index contributed by atoms with van der Waals surface area (Å²) in [4.78, 5) is 18.8. The second-order valence-electron chi connectivity index (χ2n) is 6.80. The molecule has 0 saturated heterocycles. The van der Waals surface area contributed by atoms with Crippen LogP contribution in [0.5, 0.6) is 0 Å². The quantitative estimate of drug-likeness (QED) is 0.842. The molecule has 0 atom stereocenters. The molecule has 0 radical (unpaired) electrons. The number of amides is 1. The van der Waals surface area contributed by atoms with Crippen LogP contribution < -0.4 is 5.32 Å². The van der Waals surface area contributed by atoms with Crippen molar-refractivity contribution >= 4 is 5.91 Å². The fourth-order valence-corrected chi connectivity index (χ4v) is 3.36. The van der Waals surface area contributed by atoms with Crippen LogP contribution in [0, 0.1) is 5.92 Å². The molecule has 0 spiro atoms. The molecule has 0 unspecified atom stereocenters. The summed E-state index contributed by atoms with van der Waals surface area (Å²) in [5.41, 5.74) is 1.06. The molecule has 0 aliphatic heterocycles. The molecule has 4 nitrogen and oxygen atoms in total. The number of hydrogen-bond donors (Lipinski definition) is 1. The highest BCUT2D eigenvalue weighted by Crippen LogP contribution is 2.32. The van der Waals surface area contributed by atoms with Crippen LogP contribution in [0.3, 0.4) is 0 Å². The lowest BCUT2D eigenvalue weighted by molar-refractivity contribution is -0.123. The molecule has 1 heterocycles. The topological polar surface area (TPSA) is 45.2 Å². The Hall–Kier alpha value is -1.42. The van der Waals surface area contributed by atoms with E-state index in [-0.39, 0.29) is 5.91 Å². The molecule has 1 aromatic heterocycles. The predicted octanol–water partition coefficient (Wildman–Crippen LogP) is 2.74. The summed E-state index contributed by atoms with van der Waals surface area (Å²) in [7, 11) is 0. The minimum atomic E-state index is 0.148. The molecule has 0 bridgehead atoms. The number of hydrogen-bond acceptors (Lipinski definition) is 3. The third kappa shape index (κ3) is 4.80. The Labute approximate surface area is 133 Å². The summed E-state index contributed by atoms with van der Waals surface area (Å²) < 4.78 is 0. The zero-order valence-corrected chi connectivity index (χ0v) is 13.3. The summed E-state index contributed by atoms with van der Waals surface area (Å²) in [6, 6.07) is 4.53. The van der Waals surface area contributed by atoms with Gasteiger partial charge in [0.15, 0.2) is 0 Å². The van der Waals surface area contributed by atoms with Crippen molar-refractivity contribution in [2.75, 3.05) is 13.1 Å². The fraction of sp³-hybridized carbons (Fsp3) is 0.667. The van der Waals surface area contributed by atoms with E-state index in [2.05, 4.69) is 15.2 Å². The first-order valence-electron chi connectivity index (χ1n) is 8.71. The minimum Gasteiger partial charge on any atom is -0.351 e. The Morgan fingerprint density at radius 1 is 1.23 bits per heavy atom. The molecule has 3 rings (SSSR count). The SMILES string of the molecule is O=C(CN(CC1CC1)C1CCCCC1)NCc1cccnc1. The van der Waals surface area contributed by atoms with Gasteiger partial charge in [-0.25, -0.2) is 0 Å². The second-order valence-corrected chi connectivity index (χ2v) is 6.80. The summed E-state index contributed by atoms with van der Waals surface area (Å²) in [6.07, 6.45) is 12.8. The van der Waals surface area contributed by atoms with Crippen LogP contribution in [0.15, 0.2) is 24.5 Å². The Morgan fingerprint density at radius 2 is 2.05 bits per heavy atom. The van der Waals surface area contributed by atoms with E-state index in [0.29, 0.717) is 19.1 Å². The standard InChI is InChI=1S/C18H27N3O/c22-18(20-12-16-5-4-10-19-11-16)14-21(13-15-8-9-15)17-6-2-1-3-7-17/h4-5,10-11,15,17H,1-3,6-9,12-14H2,(H,20,22). The van der Waals surface area contributed by atoms with Crippen molar-refractivity contribution < 1.29 is 4.79 Å². The first-order valence-corrected chi connectivity index (χ1v) is 8.71. The van der Waals surface area contributed by atoms with Gasteiger partial charge in [-0.15, -0.1) is 0 Å². The van der Waals surface area contributed by atoms with Crippen LogP contribution >= 0.6 is 0 Å². The van der Waals surface area contributed by atoms with E-state index >= 15 is 0 Å². The molecular weight excluding hydrogens is 274 g/mol. The Morgan fingerprint density at radius 3 is 2.73 bits per heavy atom. The van der Waals surface area contributed by atoms with E-state index in [1.165, 1.54) is 44.9 Å². The predicted molar refractivity (Wildman–Crippen MR) is 87.3 cm³/mol. The molecule has 0 aromatic carbocycles. The summed E-state index contributed by atoms with van der Waals surface area (Å²) in [6.45, 7) is 2.25. The summed E-state index contributed by atoms with van der Waals surface area (Å²) in [5.74, 6) is 0.989. The molecule has 120 valence electrons. The molecular formula is C18H27N3O. The van der Waals surface area contributed by atoms with Gasteiger partial charge in [-0.2, -0.15) is 0 Å². The van der Waals surface area contributed by atoms with Gasteiger partial charge in [0.2, 0.25) is 5.91 Å². The fourth-order valence-electron chi connectivity index (χ4n) is 3.36. The number of nitrogens with one attached hydrogen (secondary N) is 1. The number of aromatic nitrogens is 1. The van der Waals surface area contributed by atoms with Crippen LogP contribution in [-0.4, -0.2) is 34.9 Å². The van der Waals surface area contributed by atoms with Crippen LogP contribution in [0.25, 0.3) is 0 Å². The van der Waals surface area contributed by atoms with Crippen LogP contribution in [-0.2, 0) is 11.3 Å². The van der Waals surface area contributed by atoms with Crippen molar-refractivity contribution in [3.05, 3.63) is 30.1 Å². The Kier molecular flexibility index (Phi) is 5.43. The molecule has 1 aromatic rings. The Bertz CT molecular complexity index is 466. The normalized spacial score (nSPS) is 19.3. The minimum absolute atomic E-state index is 0.148. The van der Waals surface area contributed by atoms with Crippen molar-refractivity contribution in [3.63, 3.8) is 0 Å². The average molecular weight is 301 g/mol. The van der Waals surface area contributed by atoms with E-state index < -0.39 is 0 Å². The zero-order valence-electron chi connectivity index (χ0n) is 13.3. The van der Waals surface area contributed by atoms with Crippen molar-refractivity contribution in [1.29, 1.82) is 0 Å². The lowest BCUT2D eigenvalue weighted by Gasteiger charge is -2.34. The van der Waals surface area contributed by atoms with Gasteiger partial charge in [-0.05, 0) is 43.2 Å². The Balaban J connectivity index is 1.49. The van der Waals surface area contributed by atoms with Gasteiger partial charge in [0.1, 0.15) is 0 Å². The van der Waals surface area contributed by atoms with E-state index in [9.17, 15) is 4.79 Å². The van der Waals surface area contributed by atoms with Crippen molar-refractivity contribution in [2.45, 2.75) is 57.5 Å². The maximum Gasteiger partial charge on any atom is 0.234 e. The number of carbonyl (C=O) groups is 1. The van der Waals surface area contributed by atoms with Gasteiger partial charge in [0, 0.05) is 31.5 Å². The van der Waals surface area contributed by atoms with E-state index in [0.717, 1.165) is 18.0 Å². The largest absolute Gasteiger partial charge is 0.351 e. The number of pyridine rings is 1. The van der Waals surface area contributed by atoms with E-state index in [4.69, 9.17) is 0 Å². The van der Waals surface area contributed by atoms with E-state index in [1.54, 1.807) is 6.20 Å². The molecule has 2 fully saturated rings. The lowest BCUT2D eigenvalue weighted by Crippen LogP contribution is -2.44. The molecule has 1 amide bonds. The highest BCUT2D eigenvalue weighted by Gasteiger charge is 2.29. The molecule has 2 saturated carbocycles. The number of rotatable bonds is 7. The maximum absolute atomic E-state index is 12.3. The van der Waals surface area contributed by atoms with Gasteiger partial charge in [0.05, 0.1) is 6.54 Å². The van der Waals surface area contributed by atoms with Gasteiger partial charge in [0.25, 0.3) is 0 Å². The highest BCUT2D eigenvalue weighted by atomic mass is 16.2. The van der Waals surface area contributed by atoms with Crippen molar-refractivity contribution in [3.8, 4) is 0 Å². The molecule has 4 heteroatoms. The second kappa shape index (κ2) is 7.73. The number of nitrogens with zero attached hydrogens (tertiary/aromatic N) is 2. The third-order valence-corrected chi connectivity index (χ3v) is 4.84. The maximum atomic E-state index is 12.3. The first-order chi connectivity index (χ1) is 10.8. The molecule has 2 aliphatic rings. The molecule has 2 aliphatic carbocycles. The summed E-state index contributed by atoms with van der Waals surface area (Å²) in [5, 5.41) is 3.04. The van der Waals surface area contributed by atoms with Crippen molar-refractivity contribution in [2.24, 2.45) is 5.92 Å². The monoisotopic (exact) mass is 301 g/mol. The highest BCUT2D eigenvalue weighted by molar-refractivity contribution is 5.78. The zero-order chi connectivity index (χ0) is 15.2. The third-order valence-electron chi connectivity index (χ3n) is 4.84. The van der Waals surface area contributed by atoms with Gasteiger partial charge < -0.3 is 5.32 Å². The smallest absolute Gasteiger partial charge is 0.234 e.